The van der Waals surface area contributed by atoms with E-state index in [9.17, 15) is 26.3 Å². The Morgan fingerprint density at radius 1 is 0.757 bits per heavy atom. The van der Waals surface area contributed by atoms with Crippen molar-refractivity contribution in [2.75, 3.05) is 0 Å². The van der Waals surface area contributed by atoms with E-state index in [-0.39, 0.29) is 11.8 Å². The number of benzene rings is 2. The van der Waals surface area contributed by atoms with E-state index in [1.54, 1.807) is 12.1 Å². The highest BCUT2D eigenvalue weighted by Gasteiger charge is 2.39. The Kier molecular flexibility index (Phi) is 8.80. The van der Waals surface area contributed by atoms with Gasteiger partial charge >= 0.3 is 12.3 Å². The van der Waals surface area contributed by atoms with Gasteiger partial charge in [-0.2, -0.15) is 22.0 Å². The van der Waals surface area contributed by atoms with Gasteiger partial charge in [-0.25, -0.2) is 4.39 Å². The molecule has 0 aliphatic heterocycles. The first-order valence-corrected chi connectivity index (χ1v) is 13.6. The fraction of sp³-hybridized carbons (Fsp3) is 0.600. The lowest BCUT2D eigenvalue weighted by Crippen LogP contribution is -2.25. The molecule has 2 aliphatic rings. The number of rotatable bonds is 8. The van der Waals surface area contributed by atoms with Gasteiger partial charge in [-0.15, -0.1) is 0 Å². The Bertz CT molecular complexity index is 1000. The van der Waals surface area contributed by atoms with E-state index < -0.39 is 29.2 Å². The van der Waals surface area contributed by atoms with Crippen molar-refractivity contribution in [3.05, 3.63) is 65.0 Å². The smallest absolute Gasteiger partial charge is 0.426 e. The van der Waals surface area contributed by atoms with Crippen LogP contribution in [0.4, 0.5) is 26.3 Å². The first-order chi connectivity index (χ1) is 17.5. The third-order valence-corrected chi connectivity index (χ3v) is 8.65. The largest absolute Gasteiger partial charge is 0.429 e. The molecule has 7 heteroatoms. The predicted molar refractivity (Wildman–Crippen MR) is 132 cm³/mol. The van der Waals surface area contributed by atoms with E-state index in [2.05, 4.69) is 6.92 Å². The van der Waals surface area contributed by atoms with Gasteiger partial charge in [0.1, 0.15) is 11.6 Å². The molecule has 204 valence electrons. The van der Waals surface area contributed by atoms with Crippen LogP contribution in [0.1, 0.15) is 87.8 Å². The van der Waals surface area contributed by atoms with Crippen LogP contribution in [0.25, 0.3) is 0 Å². The van der Waals surface area contributed by atoms with Crippen LogP contribution < -0.4 is 4.74 Å². The Hall–Kier alpha value is -2.18. The maximum atomic E-state index is 14.5. The maximum Gasteiger partial charge on any atom is 0.426 e. The third-order valence-electron chi connectivity index (χ3n) is 8.65. The normalized spacial score (nSPS) is 25.2. The average molecular weight is 527 g/mol. The van der Waals surface area contributed by atoms with Gasteiger partial charge < -0.3 is 4.74 Å². The summed E-state index contributed by atoms with van der Waals surface area (Å²) in [6.07, 6.45) is 5.05. The summed E-state index contributed by atoms with van der Waals surface area (Å²) in [5.41, 5.74) is -1.55. The van der Waals surface area contributed by atoms with E-state index in [0.717, 1.165) is 36.2 Å². The monoisotopic (exact) mass is 526 g/mol. The summed E-state index contributed by atoms with van der Waals surface area (Å²) in [5, 5.41) is 0. The molecule has 0 bridgehead atoms. The lowest BCUT2D eigenvalue weighted by atomic mass is 9.68. The molecule has 2 fully saturated rings. The number of hydrogen-bond acceptors (Lipinski definition) is 1. The fourth-order valence-electron chi connectivity index (χ4n) is 6.24. The van der Waals surface area contributed by atoms with Gasteiger partial charge in [0, 0.05) is 0 Å². The highest BCUT2D eigenvalue weighted by molar-refractivity contribution is 5.31. The second-order valence-electron chi connectivity index (χ2n) is 11.0. The van der Waals surface area contributed by atoms with E-state index >= 15 is 0 Å². The molecule has 37 heavy (non-hydrogen) atoms. The molecule has 0 spiro atoms. The van der Waals surface area contributed by atoms with Gasteiger partial charge in [0.2, 0.25) is 0 Å². The summed E-state index contributed by atoms with van der Waals surface area (Å²) in [4.78, 5) is 0. The minimum Gasteiger partial charge on any atom is -0.429 e. The number of alkyl halides is 5. The lowest BCUT2D eigenvalue weighted by molar-refractivity contribution is -0.186. The summed E-state index contributed by atoms with van der Waals surface area (Å²) in [7, 11) is 0. The van der Waals surface area contributed by atoms with E-state index in [4.69, 9.17) is 4.74 Å². The molecule has 2 aromatic carbocycles. The van der Waals surface area contributed by atoms with Crippen LogP contribution in [0.5, 0.6) is 5.75 Å². The average Bonchev–Trinajstić information content (AvgIpc) is 2.88. The van der Waals surface area contributed by atoms with E-state index in [1.807, 2.05) is 0 Å². The molecule has 0 amide bonds. The van der Waals surface area contributed by atoms with Crippen molar-refractivity contribution < 1.29 is 31.1 Å². The van der Waals surface area contributed by atoms with Crippen molar-refractivity contribution in [3.8, 4) is 5.75 Å². The molecule has 0 aromatic heterocycles. The third kappa shape index (κ3) is 7.23. The molecule has 0 atom stereocenters. The fourth-order valence-corrected chi connectivity index (χ4v) is 6.24. The molecule has 2 aromatic rings. The highest BCUT2D eigenvalue weighted by atomic mass is 19.4. The van der Waals surface area contributed by atoms with Crippen molar-refractivity contribution in [1.29, 1.82) is 0 Å². The number of aryl methyl sites for hydroxylation is 1. The molecule has 0 N–H and O–H groups in total. The Morgan fingerprint density at radius 2 is 1.32 bits per heavy atom. The van der Waals surface area contributed by atoms with Gasteiger partial charge in [0.15, 0.2) is 0 Å². The summed E-state index contributed by atoms with van der Waals surface area (Å²) in [5.74, 6) is 1.52. The van der Waals surface area contributed by atoms with Crippen LogP contribution in [-0.2, 0) is 18.7 Å². The van der Waals surface area contributed by atoms with Crippen LogP contribution in [0.15, 0.2) is 42.5 Å². The molecule has 0 saturated heterocycles. The zero-order valence-corrected chi connectivity index (χ0v) is 21.3. The van der Waals surface area contributed by atoms with E-state index in [0.29, 0.717) is 18.1 Å². The van der Waals surface area contributed by atoms with Crippen LogP contribution in [0.2, 0.25) is 0 Å². The predicted octanol–water partition coefficient (Wildman–Crippen LogP) is 9.93. The van der Waals surface area contributed by atoms with Gasteiger partial charge in [-0.05, 0) is 98.1 Å². The molecule has 0 unspecified atom stereocenters. The molecular weight excluding hydrogens is 490 g/mol. The zero-order valence-electron chi connectivity index (χ0n) is 21.3. The zero-order chi connectivity index (χ0) is 26.6. The summed E-state index contributed by atoms with van der Waals surface area (Å²) in [6, 6.07) is 7.32. The van der Waals surface area contributed by atoms with Crippen molar-refractivity contribution in [3.63, 3.8) is 0 Å². The van der Waals surface area contributed by atoms with Gasteiger partial charge in [0.05, 0.1) is 11.1 Å². The molecule has 2 saturated carbocycles. The minimum absolute atomic E-state index is 0.132. The molecule has 1 nitrogen and oxygen atoms in total. The first-order valence-electron chi connectivity index (χ1n) is 13.6. The van der Waals surface area contributed by atoms with Crippen LogP contribution >= 0.6 is 0 Å². The number of hydrogen-bond donors (Lipinski definition) is 0. The molecule has 4 rings (SSSR count). The quantitative estimate of drug-likeness (QED) is 0.311. The molecule has 0 heterocycles. The molecule has 2 aliphatic carbocycles. The second kappa shape index (κ2) is 11.7. The van der Waals surface area contributed by atoms with Crippen molar-refractivity contribution in [2.45, 2.75) is 89.8 Å². The maximum absolute atomic E-state index is 14.5. The molecule has 0 radical (unpaired) electrons. The minimum atomic E-state index is -4.96. The van der Waals surface area contributed by atoms with Gasteiger partial charge in [0.25, 0.3) is 0 Å². The summed E-state index contributed by atoms with van der Waals surface area (Å²) >= 11 is 0. The van der Waals surface area contributed by atoms with Crippen LogP contribution in [0.3, 0.4) is 0 Å². The summed E-state index contributed by atoms with van der Waals surface area (Å²) in [6.45, 7) is 2.30. The SMILES string of the molecule is CCC1CCC(C2CCC(CCc3ccc(OC(F)(F)c4ccc(C(F)(F)F)c(F)c4)cc3)CC2)CC1. The number of halogens is 6. The Balaban J connectivity index is 1.24. The van der Waals surface area contributed by atoms with Crippen LogP contribution in [-0.4, -0.2) is 0 Å². The van der Waals surface area contributed by atoms with Gasteiger partial charge in [-0.1, -0.05) is 51.2 Å². The van der Waals surface area contributed by atoms with Crippen molar-refractivity contribution >= 4 is 0 Å². The highest BCUT2D eigenvalue weighted by Crippen LogP contribution is 2.43. The Labute approximate surface area is 215 Å². The second-order valence-corrected chi connectivity index (χ2v) is 11.0. The van der Waals surface area contributed by atoms with Crippen molar-refractivity contribution in [2.24, 2.45) is 23.7 Å². The Morgan fingerprint density at radius 3 is 1.84 bits per heavy atom. The first kappa shape index (κ1) is 27.8. The van der Waals surface area contributed by atoms with Crippen LogP contribution in [0, 0.1) is 29.5 Å². The molecular formula is C30H36F6O. The topological polar surface area (TPSA) is 9.23 Å². The lowest BCUT2D eigenvalue weighted by Gasteiger charge is -2.37. The standard InChI is InChI=1S/C30H36F6O/c1-2-20-5-11-23(12-6-20)24-13-7-21(8-14-24)3-4-22-9-16-26(17-10-22)37-30(35,36)25-15-18-27(28(31)19-25)29(32,33)34/h9-10,15-21,23-24H,2-8,11-14H2,1H3. The number of ether oxygens (including phenoxy) is 1. The summed E-state index contributed by atoms with van der Waals surface area (Å²) < 4.78 is 85.5. The van der Waals surface area contributed by atoms with Gasteiger partial charge in [-0.3, -0.25) is 0 Å². The van der Waals surface area contributed by atoms with Crippen molar-refractivity contribution in [1.82, 2.24) is 0 Å². The van der Waals surface area contributed by atoms with E-state index in [1.165, 1.54) is 69.9 Å².